The van der Waals surface area contributed by atoms with Gasteiger partial charge in [-0.2, -0.15) is 0 Å². The Bertz CT molecular complexity index is 625. The van der Waals surface area contributed by atoms with Gasteiger partial charge in [0, 0.05) is 12.7 Å². The van der Waals surface area contributed by atoms with E-state index in [1.54, 1.807) is 24.3 Å². The Kier molecular flexibility index (Phi) is 4.34. The number of benzene rings is 1. The Morgan fingerprint density at radius 2 is 1.85 bits per heavy atom. The second-order valence-corrected chi connectivity index (χ2v) is 4.92. The minimum Gasteiger partial charge on any atom is -0.354 e. The molecule has 0 aliphatic heterocycles. The van der Waals surface area contributed by atoms with Crippen LogP contribution in [0.4, 0.5) is 11.4 Å². The third-order valence-corrected chi connectivity index (χ3v) is 3.67. The number of hydrogen-bond donors (Lipinski definition) is 4. The number of thiophene rings is 1. The van der Waals surface area contributed by atoms with E-state index in [2.05, 4.69) is 10.6 Å². The van der Waals surface area contributed by atoms with Crippen LogP contribution in [0.1, 0.15) is 19.3 Å². The van der Waals surface area contributed by atoms with Crippen LogP contribution >= 0.6 is 11.3 Å². The molecule has 0 fully saturated rings. The Morgan fingerprint density at radius 3 is 2.45 bits per heavy atom. The molecule has 20 heavy (non-hydrogen) atoms. The molecule has 0 unspecified atom stereocenters. The van der Waals surface area contributed by atoms with Crippen molar-refractivity contribution in [3.8, 4) is 0 Å². The summed E-state index contributed by atoms with van der Waals surface area (Å²) in [6.45, 7) is 0. The lowest BCUT2D eigenvalue weighted by Gasteiger charge is -2.04. The van der Waals surface area contributed by atoms with Crippen LogP contribution in [0.15, 0.2) is 36.4 Å². The minimum absolute atomic E-state index is 0.196. The van der Waals surface area contributed by atoms with Crippen molar-refractivity contribution in [2.45, 2.75) is 0 Å². The van der Waals surface area contributed by atoms with Gasteiger partial charge in [0.2, 0.25) is 0 Å². The van der Waals surface area contributed by atoms with Crippen LogP contribution in [0, 0.1) is 0 Å². The van der Waals surface area contributed by atoms with Gasteiger partial charge in [0.15, 0.2) is 0 Å². The summed E-state index contributed by atoms with van der Waals surface area (Å²) in [7, 11) is 1.50. The minimum atomic E-state index is -0.395. The quantitative estimate of drug-likeness (QED) is 0.650. The molecule has 7 heteroatoms. The highest BCUT2D eigenvalue weighted by molar-refractivity contribution is 7.16. The van der Waals surface area contributed by atoms with Crippen LogP contribution in [0.25, 0.3) is 0 Å². The van der Waals surface area contributed by atoms with Crippen molar-refractivity contribution in [2.24, 2.45) is 0 Å². The third-order valence-electron chi connectivity index (χ3n) is 2.54. The highest BCUT2D eigenvalue weighted by Crippen LogP contribution is 2.27. The van der Waals surface area contributed by atoms with Gasteiger partial charge in [0.25, 0.3) is 11.8 Å². The Hall–Kier alpha value is -2.38. The first kappa shape index (κ1) is 14.0. The van der Waals surface area contributed by atoms with E-state index in [1.807, 2.05) is 11.5 Å². The van der Waals surface area contributed by atoms with Gasteiger partial charge in [0.1, 0.15) is 4.88 Å². The predicted octanol–water partition coefficient (Wildman–Crippen LogP) is 2.16. The average molecular weight is 291 g/mol. The molecule has 0 spiro atoms. The lowest BCUT2D eigenvalue weighted by atomic mass is 10.3. The molecule has 104 valence electrons. The smallest absolute Gasteiger partial charge is 0.267 e. The van der Waals surface area contributed by atoms with Crippen LogP contribution in [-0.2, 0) is 0 Å². The largest absolute Gasteiger partial charge is 0.354 e. The molecule has 0 saturated carbocycles. The SMILES string of the molecule is CNC(=O)c1cc(NO)c(C(=O)Nc2ccccc2)s1. The average Bonchev–Trinajstić information content (AvgIpc) is 2.91. The fraction of sp³-hybridized carbons (Fsp3) is 0.0769. The maximum absolute atomic E-state index is 12.1. The van der Waals surface area contributed by atoms with E-state index in [9.17, 15) is 9.59 Å². The van der Waals surface area contributed by atoms with Gasteiger partial charge in [-0.15, -0.1) is 11.3 Å². The zero-order valence-corrected chi connectivity index (χ0v) is 11.5. The highest BCUT2D eigenvalue weighted by atomic mass is 32.1. The zero-order chi connectivity index (χ0) is 14.5. The maximum Gasteiger partial charge on any atom is 0.267 e. The van der Waals surface area contributed by atoms with Gasteiger partial charge in [-0.25, -0.2) is 0 Å². The number of anilines is 2. The van der Waals surface area contributed by atoms with Crippen molar-refractivity contribution in [2.75, 3.05) is 17.8 Å². The van der Waals surface area contributed by atoms with Gasteiger partial charge in [0.05, 0.1) is 10.6 Å². The molecule has 0 radical (unpaired) electrons. The van der Waals surface area contributed by atoms with E-state index in [0.717, 1.165) is 11.3 Å². The number of carbonyl (C=O) groups is 2. The molecule has 1 heterocycles. The zero-order valence-electron chi connectivity index (χ0n) is 10.6. The first-order valence-corrected chi connectivity index (χ1v) is 6.59. The van der Waals surface area contributed by atoms with Crippen molar-refractivity contribution in [1.82, 2.24) is 5.32 Å². The summed E-state index contributed by atoms with van der Waals surface area (Å²) < 4.78 is 0. The summed E-state index contributed by atoms with van der Waals surface area (Å²) in [5.74, 6) is -0.710. The van der Waals surface area contributed by atoms with E-state index >= 15 is 0 Å². The second kappa shape index (κ2) is 6.18. The molecule has 1 aromatic carbocycles. The van der Waals surface area contributed by atoms with Crippen LogP contribution in [0.2, 0.25) is 0 Å². The number of hydrogen-bond acceptors (Lipinski definition) is 5. The van der Waals surface area contributed by atoms with E-state index in [0.29, 0.717) is 10.6 Å². The second-order valence-electron chi connectivity index (χ2n) is 3.86. The van der Waals surface area contributed by atoms with Gasteiger partial charge in [-0.05, 0) is 18.2 Å². The highest BCUT2D eigenvalue weighted by Gasteiger charge is 2.19. The first-order valence-electron chi connectivity index (χ1n) is 5.78. The lowest BCUT2D eigenvalue weighted by Crippen LogP contribution is -2.16. The molecule has 2 aromatic rings. The normalized spacial score (nSPS) is 9.90. The molecule has 2 amide bonds. The summed E-state index contributed by atoms with van der Waals surface area (Å²) in [6, 6.07) is 10.3. The predicted molar refractivity (Wildman–Crippen MR) is 77.5 cm³/mol. The van der Waals surface area contributed by atoms with Crippen molar-refractivity contribution in [3.63, 3.8) is 0 Å². The summed E-state index contributed by atoms with van der Waals surface area (Å²) >= 11 is 0.998. The standard InChI is InChI=1S/C13H13N3O3S/c1-14-12(17)10-7-9(16-19)11(20-10)13(18)15-8-5-3-2-4-6-8/h2-7,16,19H,1H3,(H,14,17)(H,15,18). The van der Waals surface area contributed by atoms with Crippen LogP contribution in [-0.4, -0.2) is 24.1 Å². The van der Waals surface area contributed by atoms with Gasteiger partial charge in [-0.3, -0.25) is 20.3 Å². The summed E-state index contributed by atoms with van der Waals surface area (Å²) in [5.41, 5.74) is 2.76. The molecular formula is C13H13N3O3S. The topological polar surface area (TPSA) is 90.5 Å². The first-order chi connectivity index (χ1) is 9.65. The molecule has 0 saturated heterocycles. The molecular weight excluding hydrogens is 278 g/mol. The Balaban J connectivity index is 2.25. The monoisotopic (exact) mass is 291 g/mol. The molecule has 4 N–H and O–H groups in total. The van der Waals surface area contributed by atoms with E-state index in [1.165, 1.54) is 13.1 Å². The molecule has 2 rings (SSSR count). The van der Waals surface area contributed by atoms with Crippen molar-refractivity contribution >= 4 is 34.5 Å². The van der Waals surface area contributed by atoms with Gasteiger partial charge < -0.3 is 10.6 Å². The summed E-state index contributed by atoms with van der Waals surface area (Å²) in [4.78, 5) is 24.2. The molecule has 0 aliphatic carbocycles. The van der Waals surface area contributed by atoms with E-state index in [-0.39, 0.29) is 16.5 Å². The number of carbonyl (C=O) groups excluding carboxylic acids is 2. The fourth-order valence-corrected chi connectivity index (χ4v) is 2.54. The molecule has 6 nitrogen and oxygen atoms in total. The fourth-order valence-electron chi connectivity index (χ4n) is 1.59. The van der Waals surface area contributed by atoms with Gasteiger partial charge >= 0.3 is 0 Å². The lowest BCUT2D eigenvalue weighted by molar-refractivity contribution is 0.0966. The van der Waals surface area contributed by atoms with Crippen LogP contribution in [0.5, 0.6) is 0 Å². The van der Waals surface area contributed by atoms with Crippen molar-refractivity contribution < 1.29 is 14.8 Å². The van der Waals surface area contributed by atoms with Crippen molar-refractivity contribution in [3.05, 3.63) is 46.2 Å². The number of amides is 2. The van der Waals surface area contributed by atoms with Gasteiger partial charge in [-0.1, -0.05) is 18.2 Å². The van der Waals surface area contributed by atoms with E-state index in [4.69, 9.17) is 5.21 Å². The summed E-state index contributed by atoms with van der Waals surface area (Å²) in [5, 5.41) is 14.2. The molecule has 0 atom stereocenters. The Morgan fingerprint density at radius 1 is 1.15 bits per heavy atom. The molecule has 1 aromatic heterocycles. The van der Waals surface area contributed by atoms with Crippen molar-refractivity contribution in [1.29, 1.82) is 0 Å². The maximum atomic E-state index is 12.1. The molecule has 0 bridgehead atoms. The van der Waals surface area contributed by atoms with Crippen LogP contribution < -0.4 is 16.1 Å². The number of para-hydroxylation sites is 1. The van der Waals surface area contributed by atoms with Crippen LogP contribution in [0.3, 0.4) is 0 Å². The number of nitrogens with one attached hydrogen (secondary N) is 3. The van der Waals surface area contributed by atoms with E-state index < -0.39 is 5.91 Å². The summed E-state index contributed by atoms with van der Waals surface area (Å²) in [6.07, 6.45) is 0. The Labute approximate surface area is 119 Å². The third kappa shape index (κ3) is 2.95. The number of rotatable bonds is 4. The molecule has 0 aliphatic rings.